The van der Waals surface area contributed by atoms with E-state index in [0.717, 1.165) is 51.3 Å². The molecule has 134 valence electrons. The van der Waals surface area contributed by atoms with Crippen LogP contribution < -0.4 is 10.6 Å². The third-order valence-electron chi connectivity index (χ3n) is 5.08. The number of morpholine rings is 1. The third-order valence-corrected chi connectivity index (χ3v) is 5.08. The summed E-state index contributed by atoms with van der Waals surface area (Å²) in [6.07, 6.45) is 10.9. The first-order valence-electron chi connectivity index (χ1n) is 9.63. The van der Waals surface area contributed by atoms with E-state index >= 15 is 0 Å². The normalized spacial score (nSPS) is 20.8. The second-order valence-corrected chi connectivity index (χ2v) is 6.88. The summed E-state index contributed by atoms with van der Waals surface area (Å²) in [5.74, 6) is 1.95. The van der Waals surface area contributed by atoms with Crippen LogP contribution >= 0.6 is 0 Å². The molecule has 2 fully saturated rings. The van der Waals surface area contributed by atoms with E-state index in [-0.39, 0.29) is 0 Å². The maximum Gasteiger partial charge on any atom is 0.190 e. The van der Waals surface area contributed by atoms with Gasteiger partial charge in [-0.3, -0.25) is 9.89 Å². The molecule has 1 saturated carbocycles. The van der Waals surface area contributed by atoms with Crippen molar-refractivity contribution in [1.82, 2.24) is 15.5 Å². The van der Waals surface area contributed by atoms with Crippen molar-refractivity contribution in [2.24, 2.45) is 10.9 Å². The van der Waals surface area contributed by atoms with Gasteiger partial charge in [-0.05, 0) is 38.1 Å². The van der Waals surface area contributed by atoms with E-state index in [0.29, 0.717) is 0 Å². The van der Waals surface area contributed by atoms with Gasteiger partial charge < -0.3 is 15.4 Å². The van der Waals surface area contributed by atoms with Gasteiger partial charge in [0.1, 0.15) is 0 Å². The van der Waals surface area contributed by atoms with Gasteiger partial charge >= 0.3 is 0 Å². The van der Waals surface area contributed by atoms with Crippen molar-refractivity contribution in [3.8, 4) is 0 Å². The number of hydrogen-bond acceptors (Lipinski definition) is 3. The molecule has 0 unspecified atom stereocenters. The number of hydrogen-bond donors (Lipinski definition) is 2. The van der Waals surface area contributed by atoms with Gasteiger partial charge in [-0.1, -0.05) is 25.7 Å². The maximum absolute atomic E-state index is 5.37. The number of nitrogens with zero attached hydrogens (tertiary/aromatic N) is 2. The number of unbranched alkanes of at least 4 members (excludes halogenated alkanes) is 1. The van der Waals surface area contributed by atoms with Crippen LogP contribution in [0, 0.1) is 5.92 Å². The summed E-state index contributed by atoms with van der Waals surface area (Å²) < 4.78 is 5.37. The summed E-state index contributed by atoms with van der Waals surface area (Å²) >= 11 is 0. The minimum absolute atomic E-state index is 0.898. The first-order valence-corrected chi connectivity index (χ1v) is 9.63. The van der Waals surface area contributed by atoms with E-state index in [2.05, 4.69) is 20.5 Å². The molecule has 0 amide bonds. The average molecular weight is 325 g/mol. The molecule has 5 heteroatoms. The minimum Gasteiger partial charge on any atom is -0.379 e. The lowest BCUT2D eigenvalue weighted by Gasteiger charge is -2.26. The largest absolute Gasteiger partial charge is 0.379 e. The van der Waals surface area contributed by atoms with Crippen LogP contribution in [0.1, 0.15) is 51.4 Å². The van der Waals surface area contributed by atoms with Crippen molar-refractivity contribution in [3.05, 3.63) is 0 Å². The Bertz CT molecular complexity index is 323. The zero-order valence-corrected chi connectivity index (χ0v) is 15.0. The first kappa shape index (κ1) is 18.5. The predicted octanol–water partition coefficient (Wildman–Crippen LogP) is 2.23. The third kappa shape index (κ3) is 8.02. The fourth-order valence-corrected chi connectivity index (χ4v) is 3.61. The monoisotopic (exact) mass is 324 g/mol. The minimum atomic E-state index is 0.898. The van der Waals surface area contributed by atoms with Gasteiger partial charge in [0, 0.05) is 33.2 Å². The molecule has 1 aliphatic carbocycles. The highest BCUT2D eigenvalue weighted by molar-refractivity contribution is 5.79. The topological polar surface area (TPSA) is 48.9 Å². The van der Waals surface area contributed by atoms with Crippen LogP contribution in [0.5, 0.6) is 0 Å². The Hall–Kier alpha value is -0.810. The number of rotatable bonds is 9. The van der Waals surface area contributed by atoms with Crippen molar-refractivity contribution in [3.63, 3.8) is 0 Å². The van der Waals surface area contributed by atoms with Crippen LogP contribution in [0.3, 0.4) is 0 Å². The van der Waals surface area contributed by atoms with Crippen LogP contribution in [0.4, 0.5) is 0 Å². The lowest BCUT2D eigenvalue weighted by Crippen LogP contribution is -2.39. The lowest BCUT2D eigenvalue weighted by molar-refractivity contribution is 0.0372. The van der Waals surface area contributed by atoms with Gasteiger partial charge in [0.05, 0.1) is 13.2 Å². The molecule has 0 radical (unpaired) electrons. The van der Waals surface area contributed by atoms with Gasteiger partial charge in [0.2, 0.25) is 0 Å². The molecule has 0 bridgehead atoms. The molecule has 0 atom stereocenters. The van der Waals surface area contributed by atoms with Crippen LogP contribution in [-0.2, 0) is 4.74 Å². The highest BCUT2D eigenvalue weighted by Crippen LogP contribution is 2.28. The zero-order valence-electron chi connectivity index (χ0n) is 15.0. The van der Waals surface area contributed by atoms with E-state index in [1.54, 1.807) is 0 Å². The van der Waals surface area contributed by atoms with Crippen molar-refractivity contribution in [1.29, 1.82) is 0 Å². The quantitative estimate of drug-likeness (QED) is 0.388. The standard InChI is InChI=1S/C18H36N4O/c1-19-18(21-11-6-9-17-7-2-3-8-17)20-10-4-5-12-22-13-15-23-16-14-22/h17H,2-16H2,1H3,(H2,19,20,21). The summed E-state index contributed by atoms with van der Waals surface area (Å²) in [5, 5.41) is 6.88. The van der Waals surface area contributed by atoms with E-state index in [4.69, 9.17) is 4.74 Å². The Morgan fingerprint density at radius 2 is 1.74 bits per heavy atom. The van der Waals surface area contributed by atoms with Crippen LogP contribution in [0.15, 0.2) is 4.99 Å². The van der Waals surface area contributed by atoms with E-state index < -0.39 is 0 Å². The Morgan fingerprint density at radius 1 is 1.04 bits per heavy atom. The van der Waals surface area contributed by atoms with Crippen LogP contribution in [-0.4, -0.2) is 63.8 Å². The molecule has 0 aromatic carbocycles. The highest BCUT2D eigenvalue weighted by Gasteiger charge is 2.14. The highest BCUT2D eigenvalue weighted by atomic mass is 16.5. The first-order chi connectivity index (χ1) is 11.4. The number of guanidine groups is 1. The molecule has 2 rings (SSSR count). The van der Waals surface area contributed by atoms with Crippen molar-refractivity contribution < 1.29 is 4.74 Å². The van der Waals surface area contributed by atoms with E-state index in [1.165, 1.54) is 57.9 Å². The number of nitrogens with one attached hydrogen (secondary N) is 2. The second kappa shape index (κ2) is 11.7. The lowest BCUT2D eigenvalue weighted by atomic mass is 10.0. The predicted molar refractivity (Wildman–Crippen MR) is 97.0 cm³/mol. The van der Waals surface area contributed by atoms with Crippen LogP contribution in [0.2, 0.25) is 0 Å². The van der Waals surface area contributed by atoms with Crippen molar-refractivity contribution >= 4 is 5.96 Å². The molecule has 0 aromatic rings. The average Bonchev–Trinajstić information content (AvgIpc) is 3.11. The van der Waals surface area contributed by atoms with Crippen LogP contribution in [0.25, 0.3) is 0 Å². The van der Waals surface area contributed by atoms with Gasteiger partial charge in [0.25, 0.3) is 0 Å². The molecule has 2 aliphatic rings. The van der Waals surface area contributed by atoms with Gasteiger partial charge in [-0.2, -0.15) is 0 Å². The second-order valence-electron chi connectivity index (χ2n) is 6.88. The molecule has 1 saturated heterocycles. The molecular formula is C18H36N4O. The molecule has 0 spiro atoms. The number of ether oxygens (including phenoxy) is 1. The molecule has 1 aliphatic heterocycles. The fraction of sp³-hybridized carbons (Fsp3) is 0.944. The number of aliphatic imine (C=N–C) groups is 1. The molecular weight excluding hydrogens is 288 g/mol. The fourth-order valence-electron chi connectivity index (χ4n) is 3.61. The Kier molecular flexibility index (Phi) is 9.41. The summed E-state index contributed by atoms with van der Waals surface area (Å²) in [5.41, 5.74) is 0. The molecule has 23 heavy (non-hydrogen) atoms. The van der Waals surface area contributed by atoms with Crippen molar-refractivity contribution in [2.75, 3.05) is 53.0 Å². The SMILES string of the molecule is CN=C(NCCCCN1CCOCC1)NCCCC1CCCC1. The van der Waals surface area contributed by atoms with E-state index in [9.17, 15) is 0 Å². The zero-order chi connectivity index (χ0) is 16.2. The van der Waals surface area contributed by atoms with Crippen molar-refractivity contribution in [2.45, 2.75) is 51.4 Å². The summed E-state index contributed by atoms with van der Waals surface area (Å²) in [7, 11) is 1.86. The molecule has 5 nitrogen and oxygen atoms in total. The Balaban J connectivity index is 1.42. The van der Waals surface area contributed by atoms with Gasteiger partial charge in [-0.15, -0.1) is 0 Å². The van der Waals surface area contributed by atoms with Gasteiger partial charge in [0.15, 0.2) is 5.96 Å². The summed E-state index contributed by atoms with van der Waals surface area (Å²) in [4.78, 5) is 6.81. The molecule has 2 N–H and O–H groups in total. The molecule has 0 aromatic heterocycles. The molecule has 1 heterocycles. The summed E-state index contributed by atoms with van der Waals surface area (Å²) in [6, 6.07) is 0. The van der Waals surface area contributed by atoms with E-state index in [1.807, 2.05) is 7.05 Å². The Morgan fingerprint density at radius 3 is 2.43 bits per heavy atom. The Labute approximate surface area is 142 Å². The summed E-state index contributed by atoms with van der Waals surface area (Å²) in [6.45, 7) is 7.23. The van der Waals surface area contributed by atoms with Gasteiger partial charge in [-0.25, -0.2) is 0 Å². The maximum atomic E-state index is 5.37. The smallest absolute Gasteiger partial charge is 0.190 e.